The van der Waals surface area contributed by atoms with Gasteiger partial charge in [-0.05, 0) is 59.7 Å². The van der Waals surface area contributed by atoms with Gasteiger partial charge in [0, 0.05) is 40.5 Å². The Morgan fingerprint density at radius 3 is 2.07 bits per heavy atom. The molecule has 0 aliphatic carbocycles. The molecule has 0 heterocycles. The lowest BCUT2D eigenvalue weighted by molar-refractivity contribution is -0.137. The maximum atomic E-state index is 13.1. The zero-order valence-corrected chi connectivity index (χ0v) is 24.9. The summed E-state index contributed by atoms with van der Waals surface area (Å²) in [5, 5.41) is 13.8. The Labute approximate surface area is 262 Å². The Morgan fingerprint density at radius 1 is 0.750 bits per heavy atom. The summed E-state index contributed by atoms with van der Waals surface area (Å²) in [7, 11) is 0. The van der Waals surface area contributed by atoms with E-state index in [1.807, 2.05) is 72.8 Å². The summed E-state index contributed by atoms with van der Waals surface area (Å²) >= 11 is 6.11. The van der Waals surface area contributed by atoms with E-state index in [0.717, 1.165) is 17.8 Å². The number of halogens is 1. The normalized spacial score (nSPS) is 11.4. The number of hydrogen-bond acceptors (Lipinski definition) is 5. The fourth-order valence-electron chi connectivity index (χ4n) is 4.93. The van der Waals surface area contributed by atoms with Gasteiger partial charge in [0.15, 0.2) is 5.78 Å². The van der Waals surface area contributed by atoms with Gasteiger partial charge in [-0.3, -0.25) is 4.79 Å². The number of nitrogens with one attached hydrogen (secondary N) is 1. The summed E-state index contributed by atoms with van der Waals surface area (Å²) in [6, 6.07) is 40.5. The first-order chi connectivity index (χ1) is 21.5. The van der Waals surface area contributed by atoms with E-state index < -0.39 is 12.0 Å². The molecule has 5 rings (SSSR count). The van der Waals surface area contributed by atoms with Crippen molar-refractivity contribution in [2.75, 3.05) is 23.4 Å². The fraction of sp³-hybridized carbons (Fsp3) is 0.135. The molecule has 5 aromatic carbocycles. The van der Waals surface area contributed by atoms with Crippen molar-refractivity contribution in [1.29, 1.82) is 0 Å². The maximum absolute atomic E-state index is 13.1. The lowest BCUT2D eigenvalue weighted by Gasteiger charge is -2.25. The summed E-state index contributed by atoms with van der Waals surface area (Å²) in [5.41, 5.74) is 4.52. The molecule has 5 aromatic rings. The standard InChI is InChI=1S/C37H33ClN2O4/c38-30-17-19-31(20-18-30)40(26-28-9-3-1-4-10-28)23-24-44-32-21-15-27(16-22-32)25-35(37(42)43)39-34-14-8-7-13-33(34)36(41)29-11-5-2-6-12-29/h1-22,35,39H,23-26H2,(H,42,43). The summed E-state index contributed by atoms with van der Waals surface area (Å²) in [5.74, 6) is -0.478. The van der Waals surface area contributed by atoms with E-state index in [1.54, 1.807) is 48.5 Å². The third-order valence-electron chi connectivity index (χ3n) is 7.24. The van der Waals surface area contributed by atoms with Gasteiger partial charge < -0.3 is 20.1 Å². The van der Waals surface area contributed by atoms with Gasteiger partial charge in [-0.15, -0.1) is 0 Å². The highest BCUT2D eigenvalue weighted by molar-refractivity contribution is 6.30. The molecule has 0 saturated carbocycles. The number of carbonyl (C=O) groups is 2. The minimum atomic E-state index is -1.01. The van der Waals surface area contributed by atoms with Gasteiger partial charge in [-0.2, -0.15) is 0 Å². The molecule has 0 radical (unpaired) electrons. The SMILES string of the molecule is O=C(c1ccccc1)c1ccccc1NC(Cc1ccc(OCCN(Cc2ccccc2)c2ccc(Cl)cc2)cc1)C(=O)O. The van der Waals surface area contributed by atoms with E-state index in [9.17, 15) is 14.7 Å². The summed E-state index contributed by atoms with van der Waals surface area (Å²) in [6.07, 6.45) is 0.227. The second kappa shape index (κ2) is 14.9. The highest BCUT2D eigenvalue weighted by atomic mass is 35.5. The summed E-state index contributed by atoms with van der Waals surface area (Å²) < 4.78 is 6.07. The second-order valence-electron chi connectivity index (χ2n) is 10.4. The van der Waals surface area contributed by atoms with Crippen LogP contribution in [0.25, 0.3) is 0 Å². The van der Waals surface area contributed by atoms with Crippen LogP contribution in [0.4, 0.5) is 11.4 Å². The highest BCUT2D eigenvalue weighted by Crippen LogP contribution is 2.23. The Kier molecular flexibility index (Phi) is 10.3. The van der Waals surface area contributed by atoms with Gasteiger partial charge in [0.2, 0.25) is 0 Å². The number of rotatable bonds is 14. The van der Waals surface area contributed by atoms with E-state index in [0.29, 0.717) is 40.7 Å². The van der Waals surface area contributed by atoms with Gasteiger partial charge in [-0.1, -0.05) is 96.5 Å². The first kappa shape index (κ1) is 30.4. The Morgan fingerprint density at radius 2 is 1.39 bits per heavy atom. The number of nitrogens with zero attached hydrogens (tertiary/aromatic N) is 1. The summed E-state index contributed by atoms with van der Waals surface area (Å²) in [4.78, 5) is 27.6. The van der Waals surface area contributed by atoms with E-state index in [1.165, 1.54) is 5.56 Å². The number of carbonyl (C=O) groups excluding carboxylic acids is 1. The van der Waals surface area contributed by atoms with Crippen molar-refractivity contribution >= 4 is 34.7 Å². The van der Waals surface area contributed by atoms with Crippen LogP contribution in [0.3, 0.4) is 0 Å². The highest BCUT2D eigenvalue weighted by Gasteiger charge is 2.21. The minimum Gasteiger partial charge on any atom is -0.492 e. The quantitative estimate of drug-likeness (QED) is 0.126. The number of ketones is 1. The largest absolute Gasteiger partial charge is 0.492 e. The van der Waals surface area contributed by atoms with Crippen molar-refractivity contribution in [3.8, 4) is 5.75 Å². The van der Waals surface area contributed by atoms with Gasteiger partial charge in [0.25, 0.3) is 0 Å². The number of carboxylic acids is 1. The number of para-hydroxylation sites is 1. The van der Waals surface area contributed by atoms with Crippen LogP contribution < -0.4 is 15.0 Å². The number of hydrogen-bond donors (Lipinski definition) is 2. The van der Waals surface area contributed by atoms with Crippen molar-refractivity contribution in [3.05, 3.63) is 161 Å². The number of aliphatic carboxylic acids is 1. The minimum absolute atomic E-state index is 0.169. The maximum Gasteiger partial charge on any atom is 0.326 e. The number of anilines is 2. The van der Waals surface area contributed by atoms with Crippen LogP contribution >= 0.6 is 11.6 Å². The van der Waals surface area contributed by atoms with Crippen molar-refractivity contribution < 1.29 is 19.4 Å². The zero-order chi connectivity index (χ0) is 30.7. The van der Waals surface area contributed by atoms with E-state index >= 15 is 0 Å². The predicted octanol–water partition coefficient (Wildman–Crippen LogP) is 7.76. The van der Waals surface area contributed by atoms with Crippen LogP contribution in [-0.4, -0.2) is 36.1 Å². The third-order valence-corrected chi connectivity index (χ3v) is 7.49. The molecule has 0 saturated heterocycles. The summed E-state index contributed by atoms with van der Waals surface area (Å²) in [6.45, 7) is 1.85. The van der Waals surface area contributed by atoms with Crippen molar-refractivity contribution in [1.82, 2.24) is 0 Å². The topological polar surface area (TPSA) is 78.9 Å². The zero-order valence-electron chi connectivity index (χ0n) is 24.1. The lowest BCUT2D eigenvalue weighted by atomic mass is 10.00. The second-order valence-corrected chi connectivity index (χ2v) is 10.8. The van der Waals surface area contributed by atoms with Crippen LogP contribution in [0.5, 0.6) is 5.75 Å². The number of carboxylic acid groups (broad SMARTS) is 1. The van der Waals surface area contributed by atoms with Crippen LogP contribution in [0.2, 0.25) is 5.02 Å². The molecular weight excluding hydrogens is 572 g/mol. The molecule has 0 spiro atoms. The van der Waals surface area contributed by atoms with Gasteiger partial charge in [0.05, 0.1) is 6.54 Å². The first-order valence-corrected chi connectivity index (χ1v) is 14.8. The lowest BCUT2D eigenvalue weighted by Crippen LogP contribution is -2.32. The van der Waals surface area contributed by atoms with Crippen LogP contribution in [0.1, 0.15) is 27.0 Å². The number of benzene rings is 5. The van der Waals surface area contributed by atoms with Gasteiger partial charge in [0.1, 0.15) is 18.4 Å². The Hall–Kier alpha value is -5.07. The Bertz CT molecular complexity index is 1660. The van der Waals surface area contributed by atoms with Gasteiger partial charge in [-0.25, -0.2) is 4.79 Å². The molecule has 7 heteroatoms. The molecule has 44 heavy (non-hydrogen) atoms. The average Bonchev–Trinajstić information content (AvgIpc) is 3.06. The molecular formula is C37H33ClN2O4. The van der Waals surface area contributed by atoms with Crippen LogP contribution in [-0.2, 0) is 17.8 Å². The van der Waals surface area contributed by atoms with Crippen molar-refractivity contribution in [2.45, 2.75) is 19.0 Å². The predicted molar refractivity (Wildman–Crippen MR) is 176 cm³/mol. The van der Waals surface area contributed by atoms with Crippen molar-refractivity contribution in [3.63, 3.8) is 0 Å². The van der Waals surface area contributed by atoms with E-state index in [2.05, 4.69) is 22.3 Å². The van der Waals surface area contributed by atoms with Crippen LogP contribution in [0, 0.1) is 0 Å². The molecule has 2 N–H and O–H groups in total. The molecule has 1 unspecified atom stereocenters. The van der Waals surface area contributed by atoms with Crippen molar-refractivity contribution in [2.24, 2.45) is 0 Å². The van der Waals surface area contributed by atoms with E-state index in [-0.39, 0.29) is 12.2 Å². The monoisotopic (exact) mass is 604 g/mol. The molecule has 0 aliphatic heterocycles. The molecule has 6 nitrogen and oxygen atoms in total. The van der Waals surface area contributed by atoms with Gasteiger partial charge >= 0.3 is 5.97 Å². The molecule has 0 aliphatic rings. The van der Waals surface area contributed by atoms with Crippen LogP contribution in [0.15, 0.2) is 133 Å². The average molecular weight is 605 g/mol. The molecule has 0 amide bonds. The molecule has 222 valence electrons. The number of ether oxygens (including phenoxy) is 1. The fourth-order valence-corrected chi connectivity index (χ4v) is 5.05. The molecule has 0 bridgehead atoms. The Balaban J connectivity index is 1.21. The molecule has 1 atom stereocenters. The smallest absolute Gasteiger partial charge is 0.326 e. The third kappa shape index (κ3) is 8.27. The first-order valence-electron chi connectivity index (χ1n) is 14.4. The van der Waals surface area contributed by atoms with E-state index in [4.69, 9.17) is 16.3 Å². The molecule has 0 aromatic heterocycles. The molecule has 0 fully saturated rings.